The Morgan fingerprint density at radius 1 is 1.05 bits per heavy atom. The molecule has 111 valence electrons. The molecular weight excluding hydrogens is 313 g/mol. The smallest absolute Gasteiger partial charge is 0.167 e. The van der Waals surface area contributed by atoms with E-state index >= 15 is 0 Å². The van der Waals surface area contributed by atoms with Crippen LogP contribution in [0.3, 0.4) is 0 Å². The van der Waals surface area contributed by atoms with E-state index < -0.39 is 5.90 Å². The third-order valence-electron chi connectivity index (χ3n) is 2.23. The number of aromatic nitrogens is 1. The van der Waals surface area contributed by atoms with Crippen molar-refractivity contribution in [1.82, 2.24) is 0 Å². The third kappa shape index (κ3) is 6.20. The molecule has 0 aliphatic rings. The first-order valence-electron chi connectivity index (χ1n) is 5.28. The molecule has 0 amide bonds. The van der Waals surface area contributed by atoms with Crippen molar-refractivity contribution in [3.8, 4) is 5.75 Å². The van der Waals surface area contributed by atoms with Crippen LogP contribution in [0, 0.1) is 0 Å². The summed E-state index contributed by atoms with van der Waals surface area (Å²) in [5.74, 6) is -0.609. The minimum atomic E-state index is -0.455. The van der Waals surface area contributed by atoms with Crippen molar-refractivity contribution in [3.05, 3.63) is 59.9 Å². The van der Waals surface area contributed by atoms with Gasteiger partial charge in [0, 0.05) is 36.6 Å². The molecule has 1 aromatic heterocycles. The zero-order chi connectivity index (χ0) is 12.8. The summed E-state index contributed by atoms with van der Waals surface area (Å²) in [6, 6.07) is 9.60. The number of nitrogens with one attached hydrogen (secondary N) is 1. The van der Waals surface area contributed by atoms with Crippen LogP contribution >= 0.6 is 0 Å². The van der Waals surface area contributed by atoms with Gasteiger partial charge in [-0.3, -0.25) is 0 Å². The van der Waals surface area contributed by atoms with Gasteiger partial charge in [0.05, 0.1) is 6.21 Å². The Kier molecular flexibility index (Phi) is 10.6. The molecule has 8 heteroatoms. The van der Waals surface area contributed by atoms with E-state index in [-0.39, 0.29) is 35.3 Å². The van der Waals surface area contributed by atoms with E-state index in [2.05, 4.69) is 15.2 Å². The SMILES string of the molecule is [O-2].[O-2].[O-]/C(=N\N=C\c1ccccc1[O-])c1cc[nH+]cc1.[V]. The predicted molar refractivity (Wildman–Crippen MR) is 64.4 cm³/mol. The van der Waals surface area contributed by atoms with E-state index in [4.69, 9.17) is 0 Å². The summed E-state index contributed by atoms with van der Waals surface area (Å²) in [4.78, 5) is 2.80. The molecular formula is C13H10N3O4V-5. The molecule has 0 saturated carbocycles. The second-order valence-corrected chi connectivity index (χ2v) is 3.48. The van der Waals surface area contributed by atoms with Crippen LogP contribution in [0.4, 0.5) is 0 Å². The second kappa shape index (κ2) is 10.6. The molecule has 0 bridgehead atoms. The minimum absolute atomic E-state index is 0. The first kappa shape index (κ1) is 21.1. The second-order valence-electron chi connectivity index (χ2n) is 3.48. The van der Waals surface area contributed by atoms with Crippen LogP contribution in [0.15, 0.2) is 59.0 Å². The van der Waals surface area contributed by atoms with Gasteiger partial charge in [0.2, 0.25) is 0 Å². The molecule has 0 spiro atoms. The van der Waals surface area contributed by atoms with Crippen LogP contribution < -0.4 is 15.2 Å². The van der Waals surface area contributed by atoms with Crippen LogP contribution in [-0.2, 0) is 29.5 Å². The van der Waals surface area contributed by atoms with E-state index in [0.29, 0.717) is 11.1 Å². The molecule has 7 nitrogen and oxygen atoms in total. The van der Waals surface area contributed by atoms with E-state index in [1.165, 1.54) is 12.3 Å². The summed E-state index contributed by atoms with van der Waals surface area (Å²) in [5, 5.41) is 30.0. The molecule has 1 radical (unpaired) electrons. The fourth-order valence-corrected chi connectivity index (χ4v) is 1.32. The normalized spacial score (nSPS) is 10.2. The van der Waals surface area contributed by atoms with Gasteiger partial charge in [-0.15, -0.1) is 0 Å². The molecule has 1 heterocycles. The van der Waals surface area contributed by atoms with Gasteiger partial charge in [0.25, 0.3) is 0 Å². The van der Waals surface area contributed by atoms with Gasteiger partial charge in [-0.25, -0.2) is 4.98 Å². The average molecular weight is 323 g/mol. The zero-order valence-electron chi connectivity index (χ0n) is 10.7. The summed E-state index contributed by atoms with van der Waals surface area (Å²) < 4.78 is 0. The van der Waals surface area contributed by atoms with Gasteiger partial charge >= 0.3 is 0 Å². The Balaban J connectivity index is 0. The Labute approximate surface area is 133 Å². The van der Waals surface area contributed by atoms with Crippen LogP contribution in [-0.4, -0.2) is 12.1 Å². The van der Waals surface area contributed by atoms with E-state index in [9.17, 15) is 10.2 Å². The number of hydrogen-bond acceptors (Lipinski definition) is 4. The molecule has 2 aromatic rings. The number of H-pyrrole nitrogens is 1. The van der Waals surface area contributed by atoms with Gasteiger partial charge in [-0.2, -0.15) is 10.2 Å². The van der Waals surface area contributed by atoms with Crippen molar-refractivity contribution in [1.29, 1.82) is 0 Å². The van der Waals surface area contributed by atoms with Crippen LogP contribution in [0.2, 0.25) is 0 Å². The fraction of sp³-hybridized carbons (Fsp3) is 0. The summed E-state index contributed by atoms with van der Waals surface area (Å²) >= 11 is 0. The maximum atomic E-state index is 11.5. The molecule has 0 aliphatic carbocycles. The monoisotopic (exact) mass is 323 g/mol. The van der Waals surface area contributed by atoms with Crippen LogP contribution in [0.5, 0.6) is 5.75 Å². The quantitative estimate of drug-likeness (QED) is 0.425. The van der Waals surface area contributed by atoms with Crippen molar-refractivity contribution in [2.75, 3.05) is 0 Å². The first-order valence-corrected chi connectivity index (χ1v) is 5.28. The van der Waals surface area contributed by atoms with E-state index in [1.54, 1.807) is 42.7 Å². The minimum Gasteiger partial charge on any atom is -2.00 e. The topological polar surface area (TPSA) is 142 Å². The molecule has 0 unspecified atom stereocenters. The third-order valence-corrected chi connectivity index (χ3v) is 2.23. The number of benzene rings is 1. The summed E-state index contributed by atoms with van der Waals surface area (Å²) in [6.07, 6.45) is 4.52. The average Bonchev–Trinajstić information content (AvgIpc) is 2.42. The van der Waals surface area contributed by atoms with E-state index in [0.717, 1.165) is 0 Å². The van der Waals surface area contributed by atoms with Crippen molar-refractivity contribution in [2.45, 2.75) is 0 Å². The maximum Gasteiger partial charge on any atom is 0.167 e. The Hall–Kier alpha value is -2.19. The largest absolute Gasteiger partial charge is 2.00 e. The molecule has 0 atom stereocenters. The maximum absolute atomic E-state index is 11.5. The van der Waals surface area contributed by atoms with Crippen molar-refractivity contribution < 1.29 is 44.7 Å². The molecule has 0 saturated heterocycles. The number of hydrogen-bond donors (Lipinski definition) is 0. The summed E-state index contributed by atoms with van der Waals surface area (Å²) in [7, 11) is 0. The Morgan fingerprint density at radius 3 is 2.29 bits per heavy atom. The van der Waals surface area contributed by atoms with Crippen molar-refractivity contribution in [3.63, 3.8) is 0 Å². The predicted octanol–water partition coefficient (Wildman–Crippen LogP) is -0.525. The first-order chi connectivity index (χ1) is 8.77. The van der Waals surface area contributed by atoms with Gasteiger partial charge in [-0.05, 0) is 11.1 Å². The van der Waals surface area contributed by atoms with Gasteiger partial charge in [0.15, 0.2) is 12.4 Å². The number of nitrogens with zero attached hydrogens (tertiary/aromatic N) is 2. The fourth-order valence-electron chi connectivity index (χ4n) is 1.32. The standard InChI is InChI=1S/C13H11N3O2.2O.V/c17-12-4-2-1-3-11(12)9-15-16-13(18)10-5-7-14-8-6-10;;;/h1-9,17H,(H,16,18);;;/q;2*-2;/p-1/b15-9+;;;. The van der Waals surface area contributed by atoms with Gasteiger partial charge in [-0.1, -0.05) is 30.0 Å². The molecule has 2 rings (SSSR count). The van der Waals surface area contributed by atoms with Crippen LogP contribution in [0.1, 0.15) is 11.1 Å². The molecule has 21 heavy (non-hydrogen) atoms. The van der Waals surface area contributed by atoms with Crippen LogP contribution in [0.25, 0.3) is 0 Å². The molecule has 1 aromatic carbocycles. The number of para-hydroxylation sites is 1. The molecule has 1 N–H and O–H groups in total. The summed E-state index contributed by atoms with van der Waals surface area (Å²) in [5.41, 5.74) is 0.830. The van der Waals surface area contributed by atoms with E-state index in [1.807, 2.05) is 0 Å². The number of pyridine rings is 1. The molecule has 0 aliphatic heterocycles. The van der Waals surface area contributed by atoms with Crippen molar-refractivity contribution in [2.24, 2.45) is 10.2 Å². The zero-order valence-corrected chi connectivity index (χ0v) is 12.1. The molecule has 0 fully saturated rings. The van der Waals surface area contributed by atoms with Gasteiger partial charge in [0.1, 0.15) is 0 Å². The Morgan fingerprint density at radius 2 is 1.67 bits per heavy atom. The Bertz CT molecular complexity index is 591. The summed E-state index contributed by atoms with van der Waals surface area (Å²) in [6.45, 7) is 0. The van der Waals surface area contributed by atoms with Crippen molar-refractivity contribution >= 4 is 12.1 Å². The number of aromatic amines is 1. The van der Waals surface area contributed by atoms with Gasteiger partial charge < -0.3 is 21.2 Å². The number of rotatable bonds is 3.